The van der Waals surface area contributed by atoms with Crippen LogP contribution in [0.25, 0.3) is 0 Å². The van der Waals surface area contributed by atoms with Gasteiger partial charge in [0.05, 0.1) is 5.56 Å². The second-order valence-corrected chi connectivity index (χ2v) is 6.63. The summed E-state index contributed by atoms with van der Waals surface area (Å²) in [6.07, 6.45) is -3.54. The summed E-state index contributed by atoms with van der Waals surface area (Å²) in [5.74, 6) is 1.24. The number of hydrogen-bond acceptors (Lipinski definition) is 6. The lowest BCUT2D eigenvalue weighted by Crippen LogP contribution is -2.49. The Morgan fingerprint density at radius 2 is 1.72 bits per heavy atom. The van der Waals surface area contributed by atoms with Crippen LogP contribution < -0.4 is 9.80 Å². The lowest BCUT2D eigenvalue weighted by Gasteiger charge is -2.35. The van der Waals surface area contributed by atoms with Crippen LogP contribution in [-0.2, 0) is 6.18 Å². The zero-order valence-corrected chi connectivity index (χ0v) is 16.4. The van der Waals surface area contributed by atoms with Crippen LogP contribution in [-0.4, -0.2) is 65.3 Å². The number of nitrogens with zero attached hydrogens (tertiary/aromatic N) is 6. The molecule has 0 radical (unpaired) electrons. The van der Waals surface area contributed by atoms with Gasteiger partial charge in [0, 0.05) is 45.5 Å². The summed E-state index contributed by atoms with van der Waals surface area (Å²) in [7, 11) is 0. The van der Waals surface area contributed by atoms with Crippen molar-refractivity contribution in [3.63, 3.8) is 0 Å². The number of alkyl halides is 3. The molecule has 1 aliphatic rings. The Kier molecular flexibility index (Phi) is 6.19. The highest BCUT2D eigenvalue weighted by Crippen LogP contribution is 2.27. The molecule has 0 bridgehead atoms. The van der Waals surface area contributed by atoms with Gasteiger partial charge in [-0.1, -0.05) is 0 Å². The maximum absolute atomic E-state index is 12.6. The fourth-order valence-corrected chi connectivity index (χ4v) is 3.21. The van der Waals surface area contributed by atoms with E-state index in [1.54, 1.807) is 4.90 Å². The van der Waals surface area contributed by atoms with E-state index >= 15 is 0 Å². The summed E-state index contributed by atoms with van der Waals surface area (Å²) in [4.78, 5) is 21.6. The van der Waals surface area contributed by atoms with Crippen molar-refractivity contribution < 1.29 is 18.0 Å². The Bertz CT molecular complexity index is 813. The molecule has 3 heterocycles. The number of hydrogen-bond donors (Lipinski definition) is 0. The quantitative estimate of drug-likeness (QED) is 0.758. The Morgan fingerprint density at radius 3 is 2.21 bits per heavy atom. The average Bonchev–Trinajstić information content (AvgIpc) is 2.74. The van der Waals surface area contributed by atoms with Crippen molar-refractivity contribution >= 4 is 17.5 Å². The molecule has 1 fully saturated rings. The van der Waals surface area contributed by atoms with E-state index in [2.05, 4.69) is 33.9 Å². The number of aromatic nitrogens is 3. The van der Waals surface area contributed by atoms with Gasteiger partial charge in [-0.15, -0.1) is 10.2 Å². The minimum atomic E-state index is -4.52. The van der Waals surface area contributed by atoms with Crippen molar-refractivity contribution in [2.75, 3.05) is 49.1 Å². The summed E-state index contributed by atoms with van der Waals surface area (Å²) in [6.45, 7) is 7.84. The van der Waals surface area contributed by atoms with Crippen molar-refractivity contribution in [1.29, 1.82) is 0 Å². The van der Waals surface area contributed by atoms with Gasteiger partial charge in [-0.3, -0.25) is 9.78 Å². The Morgan fingerprint density at radius 1 is 1.03 bits per heavy atom. The number of piperazine rings is 1. The largest absolute Gasteiger partial charge is 0.433 e. The van der Waals surface area contributed by atoms with Gasteiger partial charge in [-0.25, -0.2) is 0 Å². The Balaban J connectivity index is 1.59. The predicted molar refractivity (Wildman–Crippen MR) is 103 cm³/mol. The van der Waals surface area contributed by atoms with E-state index in [1.165, 1.54) is 6.07 Å². The zero-order chi connectivity index (χ0) is 21.0. The third kappa shape index (κ3) is 4.75. The molecular formula is C19H23F3N6O. The predicted octanol–water partition coefficient (Wildman–Crippen LogP) is 2.70. The number of carbonyl (C=O) groups is 1. The molecule has 2 aromatic heterocycles. The highest BCUT2D eigenvalue weighted by molar-refractivity contribution is 5.94. The second-order valence-electron chi connectivity index (χ2n) is 6.63. The van der Waals surface area contributed by atoms with Crippen LogP contribution >= 0.6 is 0 Å². The molecule has 0 atom stereocenters. The summed E-state index contributed by atoms with van der Waals surface area (Å²) in [6, 6.07) is 5.84. The van der Waals surface area contributed by atoms with Crippen LogP contribution in [0.5, 0.6) is 0 Å². The average molecular weight is 408 g/mol. The van der Waals surface area contributed by atoms with Crippen LogP contribution in [0.15, 0.2) is 30.5 Å². The van der Waals surface area contributed by atoms with Crippen LogP contribution in [0.1, 0.15) is 29.9 Å². The molecule has 29 heavy (non-hydrogen) atoms. The molecule has 0 aliphatic carbocycles. The molecule has 10 heteroatoms. The van der Waals surface area contributed by atoms with E-state index in [4.69, 9.17) is 0 Å². The van der Waals surface area contributed by atoms with Gasteiger partial charge >= 0.3 is 6.18 Å². The molecule has 1 aliphatic heterocycles. The first-order valence-electron chi connectivity index (χ1n) is 9.49. The third-order valence-corrected chi connectivity index (χ3v) is 4.92. The van der Waals surface area contributed by atoms with E-state index in [1.807, 2.05) is 17.0 Å². The Hall–Kier alpha value is -2.91. The molecule has 7 nitrogen and oxygen atoms in total. The number of rotatable bonds is 5. The maximum atomic E-state index is 12.6. The van der Waals surface area contributed by atoms with Crippen LogP contribution in [0.2, 0.25) is 0 Å². The van der Waals surface area contributed by atoms with E-state index in [0.29, 0.717) is 26.2 Å². The standard InChI is InChI=1S/C19H23F3N6O/c1-3-26(4-2)16-7-8-17(25-24-16)27-9-11-28(12-10-27)18(29)14-5-6-15(23-13-14)19(20,21)22/h5-8,13H,3-4,9-12H2,1-2H3. The summed E-state index contributed by atoms with van der Waals surface area (Å²) < 4.78 is 37.8. The Labute approximate surface area is 167 Å². The molecule has 0 unspecified atom stereocenters. The van der Waals surface area contributed by atoms with Gasteiger partial charge in [0.15, 0.2) is 11.6 Å². The molecular weight excluding hydrogens is 385 g/mol. The molecule has 1 amide bonds. The highest BCUT2D eigenvalue weighted by atomic mass is 19.4. The third-order valence-electron chi connectivity index (χ3n) is 4.92. The van der Waals surface area contributed by atoms with Gasteiger partial charge < -0.3 is 14.7 Å². The molecule has 0 aromatic carbocycles. The van der Waals surface area contributed by atoms with Gasteiger partial charge in [-0.2, -0.15) is 13.2 Å². The summed E-state index contributed by atoms with van der Waals surface area (Å²) in [5.41, 5.74) is -0.861. The molecule has 0 saturated carbocycles. The first kappa shape index (κ1) is 20.8. The number of anilines is 2. The normalized spacial score (nSPS) is 14.8. The minimum Gasteiger partial charge on any atom is -0.356 e. The second kappa shape index (κ2) is 8.62. The first-order valence-corrected chi connectivity index (χ1v) is 9.49. The molecule has 3 rings (SSSR count). The first-order chi connectivity index (χ1) is 13.8. The highest BCUT2D eigenvalue weighted by Gasteiger charge is 2.32. The van der Waals surface area contributed by atoms with E-state index < -0.39 is 11.9 Å². The number of amides is 1. The molecule has 0 spiro atoms. The van der Waals surface area contributed by atoms with Gasteiger partial charge in [0.25, 0.3) is 5.91 Å². The molecule has 1 saturated heterocycles. The molecule has 0 N–H and O–H groups in total. The number of carbonyl (C=O) groups excluding carboxylic acids is 1. The molecule has 156 valence electrons. The fourth-order valence-electron chi connectivity index (χ4n) is 3.21. The topological polar surface area (TPSA) is 65.5 Å². The van der Waals surface area contributed by atoms with Gasteiger partial charge in [-0.05, 0) is 38.1 Å². The van der Waals surface area contributed by atoms with Gasteiger partial charge in [0.1, 0.15) is 5.69 Å². The lowest BCUT2D eigenvalue weighted by atomic mass is 10.2. The summed E-state index contributed by atoms with van der Waals surface area (Å²) >= 11 is 0. The van der Waals surface area contributed by atoms with Crippen LogP contribution in [0.4, 0.5) is 24.8 Å². The van der Waals surface area contributed by atoms with Crippen molar-refractivity contribution in [3.05, 3.63) is 41.7 Å². The monoisotopic (exact) mass is 408 g/mol. The van der Waals surface area contributed by atoms with E-state index in [-0.39, 0.29) is 11.5 Å². The van der Waals surface area contributed by atoms with E-state index in [9.17, 15) is 18.0 Å². The van der Waals surface area contributed by atoms with Crippen molar-refractivity contribution in [1.82, 2.24) is 20.1 Å². The maximum Gasteiger partial charge on any atom is 0.433 e. The number of pyridine rings is 1. The van der Waals surface area contributed by atoms with E-state index in [0.717, 1.165) is 37.0 Å². The minimum absolute atomic E-state index is 0.148. The summed E-state index contributed by atoms with van der Waals surface area (Å²) in [5, 5.41) is 8.57. The van der Waals surface area contributed by atoms with Crippen molar-refractivity contribution in [2.45, 2.75) is 20.0 Å². The zero-order valence-electron chi connectivity index (χ0n) is 16.4. The van der Waals surface area contributed by atoms with Crippen LogP contribution in [0.3, 0.4) is 0 Å². The van der Waals surface area contributed by atoms with Crippen LogP contribution in [0, 0.1) is 0 Å². The fraction of sp³-hybridized carbons (Fsp3) is 0.474. The van der Waals surface area contributed by atoms with Gasteiger partial charge in [0.2, 0.25) is 0 Å². The van der Waals surface area contributed by atoms with Crippen molar-refractivity contribution in [2.24, 2.45) is 0 Å². The van der Waals surface area contributed by atoms with Crippen molar-refractivity contribution in [3.8, 4) is 0 Å². The SMILES string of the molecule is CCN(CC)c1ccc(N2CCN(C(=O)c3ccc(C(F)(F)F)nc3)CC2)nn1. The lowest BCUT2D eigenvalue weighted by molar-refractivity contribution is -0.141. The number of halogens is 3. The smallest absolute Gasteiger partial charge is 0.356 e. The molecule has 2 aromatic rings.